The van der Waals surface area contributed by atoms with E-state index in [-0.39, 0.29) is 0 Å². The third-order valence-corrected chi connectivity index (χ3v) is 1.00. The number of allylic oxidation sites excluding steroid dienone is 6. The second-order valence-electron chi connectivity index (χ2n) is 1.86. The van der Waals surface area contributed by atoms with Crippen molar-refractivity contribution < 1.29 is 0 Å². The first-order valence-electron chi connectivity index (χ1n) is 3.45. The molecule has 1 heterocycles. The smallest absolute Gasteiger partial charge is 0.0514 e. The molecule has 0 fully saturated rings. The molecule has 0 aromatic heterocycles. The lowest BCUT2D eigenvalue weighted by Gasteiger charge is -1.75. The van der Waals surface area contributed by atoms with E-state index in [0.717, 1.165) is 0 Å². The van der Waals surface area contributed by atoms with Crippen LogP contribution in [0.3, 0.4) is 0 Å². The SMILES string of the molecule is C1=CC=CC=NN=NN=CC=C1. The molecule has 4 heteroatoms. The summed E-state index contributed by atoms with van der Waals surface area (Å²) in [4.78, 5) is 0. The third kappa shape index (κ3) is 4.05. The standard InChI is InChI=1S/C8H8N4/c1-2-4-6-8-10-12-11-9-7-5-3-1/h1-8H. The van der Waals surface area contributed by atoms with E-state index in [1.165, 1.54) is 12.4 Å². The highest BCUT2D eigenvalue weighted by Gasteiger charge is 1.67. The molecule has 0 aliphatic carbocycles. The van der Waals surface area contributed by atoms with Crippen LogP contribution in [-0.2, 0) is 0 Å². The average Bonchev–Trinajstić information content (AvgIpc) is 2.05. The van der Waals surface area contributed by atoms with Gasteiger partial charge in [0, 0.05) is 0 Å². The summed E-state index contributed by atoms with van der Waals surface area (Å²) in [6.07, 6.45) is 14.1. The van der Waals surface area contributed by atoms with Crippen molar-refractivity contribution in [1.82, 2.24) is 0 Å². The minimum Gasteiger partial charge on any atom is -0.137 e. The molecular weight excluding hydrogens is 152 g/mol. The van der Waals surface area contributed by atoms with E-state index in [1.54, 1.807) is 12.2 Å². The van der Waals surface area contributed by atoms with Crippen molar-refractivity contribution in [1.29, 1.82) is 0 Å². The quantitative estimate of drug-likeness (QED) is 0.521. The fraction of sp³-hybridized carbons (Fsp3) is 0. The van der Waals surface area contributed by atoms with Crippen molar-refractivity contribution in [2.24, 2.45) is 20.6 Å². The Hall–Kier alpha value is -1.84. The number of hydrogen-bond acceptors (Lipinski definition) is 4. The molecule has 1 aliphatic heterocycles. The van der Waals surface area contributed by atoms with Gasteiger partial charge in [-0.3, -0.25) is 0 Å². The second-order valence-corrected chi connectivity index (χ2v) is 1.86. The fourth-order valence-electron chi connectivity index (χ4n) is 0.539. The van der Waals surface area contributed by atoms with Crippen molar-refractivity contribution in [2.75, 3.05) is 0 Å². The van der Waals surface area contributed by atoms with Gasteiger partial charge in [-0.15, -0.1) is 10.2 Å². The highest BCUT2D eigenvalue weighted by Crippen LogP contribution is 1.82. The summed E-state index contributed by atoms with van der Waals surface area (Å²) in [5.41, 5.74) is 0. The first kappa shape index (κ1) is 8.26. The van der Waals surface area contributed by atoms with Crippen LogP contribution in [0, 0.1) is 0 Å². The Balaban J connectivity index is 2.67. The van der Waals surface area contributed by atoms with Crippen LogP contribution in [0.15, 0.2) is 57.1 Å². The molecule has 12 heavy (non-hydrogen) atoms. The van der Waals surface area contributed by atoms with E-state index < -0.39 is 0 Å². The zero-order chi connectivity index (χ0) is 8.49. The van der Waals surface area contributed by atoms with Crippen LogP contribution in [0.25, 0.3) is 0 Å². The maximum atomic E-state index is 3.58. The van der Waals surface area contributed by atoms with Gasteiger partial charge in [-0.05, 0) is 22.6 Å². The maximum absolute atomic E-state index is 3.58. The van der Waals surface area contributed by atoms with Gasteiger partial charge in [0.2, 0.25) is 0 Å². The van der Waals surface area contributed by atoms with Gasteiger partial charge in [-0.2, -0.15) is 0 Å². The van der Waals surface area contributed by atoms with Crippen molar-refractivity contribution >= 4 is 12.4 Å². The molecule has 4 nitrogen and oxygen atoms in total. The highest BCUT2D eigenvalue weighted by atomic mass is 15.5. The Morgan fingerprint density at radius 2 is 0.917 bits per heavy atom. The van der Waals surface area contributed by atoms with Gasteiger partial charge >= 0.3 is 0 Å². The predicted octanol–water partition coefficient (Wildman–Crippen LogP) is 2.09. The lowest BCUT2D eigenvalue weighted by atomic mass is 10.4. The molecule has 0 radical (unpaired) electrons. The molecule has 0 aromatic rings. The zero-order valence-corrected chi connectivity index (χ0v) is 6.41. The molecule has 0 spiro atoms. The van der Waals surface area contributed by atoms with Crippen molar-refractivity contribution in [3.05, 3.63) is 36.5 Å². The van der Waals surface area contributed by atoms with Crippen LogP contribution < -0.4 is 0 Å². The third-order valence-electron chi connectivity index (χ3n) is 1.00. The Morgan fingerprint density at radius 3 is 1.42 bits per heavy atom. The molecular formula is C8H8N4. The van der Waals surface area contributed by atoms with Gasteiger partial charge in [0.1, 0.15) is 0 Å². The Kier molecular flexibility index (Phi) is 4.07. The minimum absolute atomic E-state index is 1.54. The Morgan fingerprint density at radius 1 is 0.500 bits per heavy atom. The van der Waals surface area contributed by atoms with E-state index >= 15 is 0 Å². The summed E-state index contributed by atoms with van der Waals surface area (Å²) in [5, 5.41) is 13.9. The van der Waals surface area contributed by atoms with Crippen molar-refractivity contribution in [3.63, 3.8) is 0 Å². The van der Waals surface area contributed by atoms with Crippen molar-refractivity contribution in [3.8, 4) is 0 Å². The van der Waals surface area contributed by atoms with Gasteiger partial charge < -0.3 is 0 Å². The van der Waals surface area contributed by atoms with Gasteiger partial charge in [0.05, 0.1) is 12.4 Å². The van der Waals surface area contributed by atoms with E-state index in [0.29, 0.717) is 0 Å². The number of rotatable bonds is 0. The molecule has 0 N–H and O–H groups in total. The second kappa shape index (κ2) is 5.91. The lowest BCUT2D eigenvalue weighted by molar-refractivity contribution is 0.966. The summed E-state index contributed by atoms with van der Waals surface area (Å²) >= 11 is 0. The summed E-state index contributed by atoms with van der Waals surface area (Å²) in [6, 6.07) is 0. The topological polar surface area (TPSA) is 49.4 Å². The van der Waals surface area contributed by atoms with Crippen LogP contribution in [0.5, 0.6) is 0 Å². The van der Waals surface area contributed by atoms with Crippen LogP contribution >= 0.6 is 0 Å². The van der Waals surface area contributed by atoms with Crippen LogP contribution in [0.1, 0.15) is 0 Å². The van der Waals surface area contributed by atoms with Crippen molar-refractivity contribution in [2.45, 2.75) is 0 Å². The summed E-state index contributed by atoms with van der Waals surface area (Å²) in [5.74, 6) is 0. The molecule has 1 aliphatic rings. The zero-order valence-electron chi connectivity index (χ0n) is 6.41. The summed E-state index contributed by atoms with van der Waals surface area (Å²) in [7, 11) is 0. The van der Waals surface area contributed by atoms with Crippen LogP contribution in [0.2, 0.25) is 0 Å². The summed E-state index contributed by atoms with van der Waals surface area (Å²) in [6.45, 7) is 0. The minimum atomic E-state index is 1.54. The predicted molar refractivity (Wildman–Crippen MR) is 49.3 cm³/mol. The maximum Gasteiger partial charge on any atom is 0.0514 e. The molecule has 0 atom stereocenters. The first-order chi connectivity index (χ1) is 6.00. The Bertz CT molecular complexity index is 180. The highest BCUT2D eigenvalue weighted by molar-refractivity contribution is 5.72. The normalized spacial score (nSPS) is 16.0. The van der Waals surface area contributed by atoms with Gasteiger partial charge in [0.25, 0.3) is 0 Å². The fourth-order valence-corrected chi connectivity index (χ4v) is 0.539. The Labute approximate surface area is 70.4 Å². The number of nitrogens with zero attached hydrogens (tertiary/aromatic N) is 4. The van der Waals surface area contributed by atoms with E-state index in [1.807, 2.05) is 24.3 Å². The van der Waals surface area contributed by atoms with E-state index in [2.05, 4.69) is 20.6 Å². The van der Waals surface area contributed by atoms with Crippen LogP contribution in [0.4, 0.5) is 0 Å². The molecule has 0 saturated heterocycles. The lowest BCUT2D eigenvalue weighted by Crippen LogP contribution is -1.64. The van der Waals surface area contributed by atoms with Gasteiger partial charge in [-0.1, -0.05) is 24.3 Å². The molecule has 0 bridgehead atoms. The molecule has 0 amide bonds. The molecule has 0 aromatic carbocycles. The van der Waals surface area contributed by atoms with Crippen LogP contribution in [-0.4, -0.2) is 12.4 Å². The van der Waals surface area contributed by atoms with E-state index in [9.17, 15) is 0 Å². The molecule has 1 rings (SSSR count). The number of hydrogen-bond donors (Lipinski definition) is 0. The first-order valence-corrected chi connectivity index (χ1v) is 3.45. The largest absolute Gasteiger partial charge is 0.137 e. The molecule has 60 valence electrons. The molecule has 0 saturated carbocycles. The van der Waals surface area contributed by atoms with E-state index in [4.69, 9.17) is 0 Å². The monoisotopic (exact) mass is 160 g/mol. The average molecular weight is 160 g/mol. The summed E-state index contributed by atoms with van der Waals surface area (Å²) < 4.78 is 0. The van der Waals surface area contributed by atoms with Gasteiger partial charge in [0.15, 0.2) is 0 Å². The van der Waals surface area contributed by atoms with Gasteiger partial charge in [-0.25, -0.2) is 0 Å². The molecule has 0 unspecified atom stereocenters.